The van der Waals surface area contributed by atoms with Crippen LogP contribution in [0.15, 0.2) is 18.2 Å². The topological polar surface area (TPSA) is 76.2 Å². The second-order valence-electron chi connectivity index (χ2n) is 8.73. The third-order valence-electron chi connectivity index (χ3n) is 6.66. The van der Waals surface area contributed by atoms with E-state index in [-0.39, 0.29) is 29.4 Å². The third-order valence-corrected chi connectivity index (χ3v) is 6.66. The van der Waals surface area contributed by atoms with Crippen LogP contribution >= 0.6 is 0 Å². The monoisotopic (exact) mass is 428 g/mol. The first-order valence-corrected chi connectivity index (χ1v) is 11.6. The molecule has 4 rings (SSSR count). The summed E-state index contributed by atoms with van der Waals surface area (Å²) in [5.41, 5.74) is 0.651. The number of rotatable bonds is 5. The number of ketones is 1. The molecule has 0 aliphatic carbocycles. The zero-order valence-electron chi connectivity index (χ0n) is 18.3. The van der Waals surface area contributed by atoms with Gasteiger partial charge in [-0.1, -0.05) is 6.92 Å². The van der Waals surface area contributed by atoms with Gasteiger partial charge in [0.05, 0.1) is 0 Å². The van der Waals surface area contributed by atoms with Crippen LogP contribution in [0.2, 0.25) is 0 Å². The summed E-state index contributed by atoms with van der Waals surface area (Å²) in [4.78, 5) is 41.8. The van der Waals surface area contributed by atoms with Gasteiger partial charge < -0.3 is 19.3 Å². The van der Waals surface area contributed by atoms with Crippen molar-refractivity contribution in [1.82, 2.24) is 9.80 Å². The van der Waals surface area contributed by atoms with E-state index in [4.69, 9.17) is 9.47 Å². The first-order valence-electron chi connectivity index (χ1n) is 11.6. The number of fused-ring (bicyclic) bond motifs is 1. The lowest BCUT2D eigenvalue weighted by atomic mass is 9.87. The van der Waals surface area contributed by atoms with Crippen LogP contribution in [-0.2, 0) is 9.59 Å². The summed E-state index contributed by atoms with van der Waals surface area (Å²) >= 11 is 0. The summed E-state index contributed by atoms with van der Waals surface area (Å²) < 4.78 is 11.1. The molecule has 3 heterocycles. The number of carbonyl (C=O) groups is 3. The third kappa shape index (κ3) is 4.86. The lowest BCUT2D eigenvalue weighted by Crippen LogP contribution is -2.47. The molecule has 3 aliphatic heterocycles. The van der Waals surface area contributed by atoms with Crippen LogP contribution in [0.4, 0.5) is 0 Å². The predicted octanol–water partition coefficient (Wildman–Crippen LogP) is 2.92. The van der Waals surface area contributed by atoms with Crippen LogP contribution in [0.5, 0.6) is 11.5 Å². The molecule has 2 amide bonds. The Bertz CT molecular complexity index is 823. The van der Waals surface area contributed by atoms with Crippen molar-refractivity contribution in [2.75, 3.05) is 39.4 Å². The maximum atomic E-state index is 13.0. The van der Waals surface area contributed by atoms with E-state index in [1.54, 1.807) is 18.2 Å². The Morgan fingerprint density at radius 2 is 1.48 bits per heavy atom. The SMILES string of the molecule is CCCC(=O)N1CCC(C(=O)N2CCC(C(=O)c3ccc4c(c3)OCCO4)CC2)CC1. The number of nitrogens with zero attached hydrogens (tertiary/aromatic N) is 2. The highest BCUT2D eigenvalue weighted by Gasteiger charge is 2.33. The van der Waals surface area contributed by atoms with Crippen molar-refractivity contribution in [2.45, 2.75) is 45.4 Å². The van der Waals surface area contributed by atoms with Crippen LogP contribution in [0, 0.1) is 11.8 Å². The van der Waals surface area contributed by atoms with Crippen LogP contribution in [0.1, 0.15) is 55.8 Å². The summed E-state index contributed by atoms with van der Waals surface area (Å²) in [6, 6.07) is 5.39. The highest BCUT2D eigenvalue weighted by molar-refractivity contribution is 5.98. The molecule has 0 saturated carbocycles. The van der Waals surface area contributed by atoms with E-state index in [1.807, 2.05) is 16.7 Å². The molecule has 0 atom stereocenters. The van der Waals surface area contributed by atoms with Gasteiger partial charge in [0.15, 0.2) is 17.3 Å². The van der Waals surface area contributed by atoms with E-state index in [9.17, 15) is 14.4 Å². The molecule has 3 aliphatic rings. The maximum absolute atomic E-state index is 13.0. The summed E-state index contributed by atoms with van der Waals surface area (Å²) in [7, 11) is 0. The molecule has 2 fully saturated rings. The highest BCUT2D eigenvalue weighted by atomic mass is 16.6. The molecule has 7 nitrogen and oxygen atoms in total. The first kappa shape index (κ1) is 21.7. The number of benzene rings is 1. The highest BCUT2D eigenvalue weighted by Crippen LogP contribution is 2.33. The summed E-state index contributed by atoms with van der Waals surface area (Å²) in [5.74, 6) is 1.75. The van der Waals surface area contributed by atoms with Crippen molar-refractivity contribution >= 4 is 17.6 Å². The Hall–Kier alpha value is -2.57. The van der Waals surface area contributed by atoms with Crippen LogP contribution in [-0.4, -0.2) is 66.8 Å². The van der Waals surface area contributed by atoms with E-state index in [2.05, 4.69) is 0 Å². The Kier molecular flexibility index (Phi) is 6.78. The fraction of sp³-hybridized carbons (Fsp3) is 0.625. The fourth-order valence-corrected chi connectivity index (χ4v) is 4.80. The van der Waals surface area contributed by atoms with Gasteiger partial charge in [-0.05, 0) is 50.3 Å². The number of carbonyl (C=O) groups excluding carboxylic acids is 3. The lowest BCUT2D eigenvalue weighted by molar-refractivity contribution is -0.141. The summed E-state index contributed by atoms with van der Waals surface area (Å²) in [6.07, 6.45) is 4.30. The van der Waals surface area contributed by atoms with Gasteiger partial charge in [0, 0.05) is 50.0 Å². The van der Waals surface area contributed by atoms with Gasteiger partial charge in [0.1, 0.15) is 13.2 Å². The predicted molar refractivity (Wildman–Crippen MR) is 115 cm³/mol. The molecular formula is C24H32N2O5. The minimum absolute atomic E-state index is 0.00396. The fourth-order valence-electron chi connectivity index (χ4n) is 4.80. The second kappa shape index (κ2) is 9.71. The quantitative estimate of drug-likeness (QED) is 0.674. The van der Waals surface area contributed by atoms with Gasteiger partial charge in [0.25, 0.3) is 0 Å². The molecule has 0 bridgehead atoms. The Morgan fingerprint density at radius 3 is 2.16 bits per heavy atom. The normalized spacial score (nSPS) is 19.9. The Morgan fingerprint density at radius 1 is 0.871 bits per heavy atom. The molecule has 0 unspecified atom stereocenters. The molecule has 0 aromatic heterocycles. The number of likely N-dealkylation sites (tertiary alicyclic amines) is 2. The van der Waals surface area contributed by atoms with E-state index in [0.29, 0.717) is 75.7 Å². The molecule has 0 spiro atoms. The molecule has 0 radical (unpaired) electrons. The minimum Gasteiger partial charge on any atom is -0.486 e. The number of Topliss-reactive ketones (excluding diaryl/α,β-unsaturated/α-hetero) is 1. The van der Waals surface area contributed by atoms with Gasteiger partial charge >= 0.3 is 0 Å². The molecule has 0 N–H and O–H groups in total. The Labute approximate surface area is 183 Å². The van der Waals surface area contributed by atoms with Crippen molar-refractivity contribution in [2.24, 2.45) is 11.8 Å². The summed E-state index contributed by atoms with van der Waals surface area (Å²) in [5, 5.41) is 0. The lowest BCUT2D eigenvalue weighted by Gasteiger charge is -2.37. The number of amides is 2. The molecule has 1 aromatic rings. The number of hydrogen-bond acceptors (Lipinski definition) is 5. The van der Waals surface area contributed by atoms with E-state index >= 15 is 0 Å². The van der Waals surface area contributed by atoms with E-state index in [1.165, 1.54) is 0 Å². The maximum Gasteiger partial charge on any atom is 0.225 e. The largest absolute Gasteiger partial charge is 0.486 e. The smallest absolute Gasteiger partial charge is 0.225 e. The van der Waals surface area contributed by atoms with E-state index in [0.717, 1.165) is 19.3 Å². The van der Waals surface area contributed by atoms with Gasteiger partial charge in [-0.3, -0.25) is 14.4 Å². The van der Waals surface area contributed by atoms with Gasteiger partial charge in [-0.2, -0.15) is 0 Å². The minimum atomic E-state index is -0.0693. The molecule has 31 heavy (non-hydrogen) atoms. The number of ether oxygens (including phenoxy) is 2. The zero-order chi connectivity index (χ0) is 21.8. The van der Waals surface area contributed by atoms with Crippen LogP contribution in [0.3, 0.4) is 0 Å². The Balaban J connectivity index is 1.27. The van der Waals surface area contributed by atoms with Gasteiger partial charge in [0.2, 0.25) is 11.8 Å². The van der Waals surface area contributed by atoms with Crippen molar-refractivity contribution in [1.29, 1.82) is 0 Å². The van der Waals surface area contributed by atoms with Gasteiger partial charge in [-0.15, -0.1) is 0 Å². The molecule has 168 valence electrons. The average molecular weight is 429 g/mol. The first-order chi connectivity index (χ1) is 15.1. The summed E-state index contributed by atoms with van der Waals surface area (Å²) in [6.45, 7) is 5.63. The van der Waals surface area contributed by atoms with Crippen LogP contribution < -0.4 is 9.47 Å². The van der Waals surface area contributed by atoms with Crippen molar-refractivity contribution in [3.8, 4) is 11.5 Å². The van der Waals surface area contributed by atoms with Crippen molar-refractivity contribution < 1.29 is 23.9 Å². The average Bonchev–Trinajstić information content (AvgIpc) is 2.83. The molecular weight excluding hydrogens is 396 g/mol. The van der Waals surface area contributed by atoms with E-state index < -0.39 is 0 Å². The second-order valence-corrected chi connectivity index (χ2v) is 8.73. The van der Waals surface area contributed by atoms with Crippen molar-refractivity contribution in [3.05, 3.63) is 23.8 Å². The molecule has 7 heteroatoms. The van der Waals surface area contributed by atoms with Crippen LogP contribution in [0.25, 0.3) is 0 Å². The number of piperidine rings is 2. The molecule has 1 aromatic carbocycles. The number of hydrogen-bond donors (Lipinski definition) is 0. The van der Waals surface area contributed by atoms with Crippen molar-refractivity contribution in [3.63, 3.8) is 0 Å². The van der Waals surface area contributed by atoms with Gasteiger partial charge in [-0.25, -0.2) is 0 Å². The molecule has 2 saturated heterocycles. The zero-order valence-corrected chi connectivity index (χ0v) is 18.3. The standard InChI is InChI=1S/C24H32N2O5/c1-2-3-22(27)25-10-8-18(9-11-25)24(29)26-12-6-17(7-13-26)23(28)19-4-5-20-21(16-19)31-15-14-30-20/h4-5,16-18H,2-3,6-15H2,1H3.